The fourth-order valence-corrected chi connectivity index (χ4v) is 6.42. The van der Waals surface area contributed by atoms with Crippen LogP contribution in [0.15, 0.2) is 48.5 Å². The number of carbonyl (C=O) groups excluding carboxylic acids is 1. The van der Waals surface area contributed by atoms with Crippen molar-refractivity contribution in [1.82, 2.24) is 9.88 Å². The number of hydrogen-bond donors (Lipinski definition) is 1. The minimum Gasteiger partial charge on any atom is -0.347 e. The van der Waals surface area contributed by atoms with E-state index in [1.165, 1.54) is 31.4 Å². The number of amides is 1. The van der Waals surface area contributed by atoms with E-state index in [0.717, 1.165) is 16.5 Å². The largest absolute Gasteiger partial charge is 0.347 e. The monoisotopic (exact) mass is 438 g/mol. The first-order valence-corrected chi connectivity index (χ1v) is 11.4. The molecule has 3 atom stereocenters. The van der Waals surface area contributed by atoms with Crippen LogP contribution < -0.4 is 5.32 Å². The number of aromatic nitrogens is 1. The van der Waals surface area contributed by atoms with E-state index in [-0.39, 0.29) is 28.6 Å². The molecule has 1 amide bonds. The van der Waals surface area contributed by atoms with E-state index in [2.05, 4.69) is 26.1 Å². The molecule has 2 aliphatic carbocycles. The number of hydrogen-bond acceptors (Lipinski definition) is 1. The SMILES string of the molecule is CC1(C)C2CC[C@](C)(C2)C1NC(=O)c1cc2cc(Cl)ccc2n1Cc1ccc(F)cc1. The molecule has 3 nitrogen and oxygen atoms in total. The number of rotatable bonds is 4. The zero-order valence-electron chi connectivity index (χ0n) is 18.2. The molecule has 2 unspecified atom stereocenters. The summed E-state index contributed by atoms with van der Waals surface area (Å²) in [7, 11) is 0. The molecule has 0 aliphatic heterocycles. The highest BCUT2D eigenvalue weighted by Crippen LogP contribution is 2.62. The number of halogens is 2. The standard InChI is InChI=1S/C26H28ClFN2O/c1-25(2)18-10-11-26(3,14-18)24(25)29-23(31)22-13-17-12-19(27)6-9-21(17)30(22)15-16-4-7-20(28)8-5-16/h4-9,12-13,18,24H,10-11,14-15H2,1-3H3,(H,29,31)/t18?,24?,26-/m1/s1. The molecule has 0 spiro atoms. The summed E-state index contributed by atoms with van der Waals surface area (Å²) in [5.41, 5.74) is 2.73. The average Bonchev–Trinajstić information content (AvgIpc) is 3.33. The van der Waals surface area contributed by atoms with Crippen molar-refractivity contribution in [2.75, 3.05) is 0 Å². The predicted octanol–water partition coefficient (Wildman–Crippen LogP) is 6.43. The van der Waals surface area contributed by atoms with Crippen molar-refractivity contribution in [3.8, 4) is 0 Å². The third-order valence-electron chi connectivity index (χ3n) is 7.90. The lowest BCUT2D eigenvalue weighted by molar-refractivity contribution is 0.0730. The lowest BCUT2D eigenvalue weighted by atomic mass is 9.68. The molecule has 2 aliphatic rings. The van der Waals surface area contributed by atoms with Gasteiger partial charge >= 0.3 is 0 Å². The molecule has 2 aromatic carbocycles. The quantitative estimate of drug-likeness (QED) is 0.500. The Morgan fingerprint density at radius 3 is 2.58 bits per heavy atom. The van der Waals surface area contributed by atoms with Crippen molar-refractivity contribution in [3.05, 3.63) is 70.6 Å². The van der Waals surface area contributed by atoms with Crippen LogP contribution in [0.3, 0.4) is 0 Å². The fourth-order valence-electron chi connectivity index (χ4n) is 6.24. The van der Waals surface area contributed by atoms with E-state index in [1.54, 1.807) is 12.1 Å². The summed E-state index contributed by atoms with van der Waals surface area (Å²) in [5, 5.41) is 4.98. The van der Waals surface area contributed by atoms with Gasteiger partial charge in [0, 0.05) is 28.5 Å². The van der Waals surface area contributed by atoms with Crippen LogP contribution in [0.2, 0.25) is 5.02 Å². The van der Waals surface area contributed by atoms with Crippen LogP contribution in [0.4, 0.5) is 4.39 Å². The van der Waals surface area contributed by atoms with Gasteiger partial charge in [0.25, 0.3) is 5.91 Å². The number of carbonyl (C=O) groups is 1. The number of benzene rings is 2. The summed E-state index contributed by atoms with van der Waals surface area (Å²) in [6.07, 6.45) is 3.60. The number of nitrogens with one attached hydrogen (secondary N) is 1. The number of nitrogens with zero attached hydrogens (tertiary/aromatic N) is 1. The summed E-state index contributed by atoms with van der Waals surface area (Å²) < 4.78 is 15.4. The first-order chi connectivity index (χ1) is 14.7. The van der Waals surface area contributed by atoms with Gasteiger partial charge in [-0.2, -0.15) is 0 Å². The van der Waals surface area contributed by atoms with E-state index in [0.29, 0.717) is 23.2 Å². The van der Waals surface area contributed by atoms with E-state index >= 15 is 0 Å². The Hall–Kier alpha value is -2.33. The summed E-state index contributed by atoms with van der Waals surface area (Å²) in [4.78, 5) is 13.6. The maximum Gasteiger partial charge on any atom is 0.268 e. The molecule has 2 saturated carbocycles. The predicted molar refractivity (Wildman–Crippen MR) is 123 cm³/mol. The molecule has 1 N–H and O–H groups in total. The zero-order valence-corrected chi connectivity index (χ0v) is 19.0. The van der Waals surface area contributed by atoms with Gasteiger partial charge in [-0.05, 0) is 78.0 Å². The fraction of sp³-hybridized carbons (Fsp3) is 0.423. The van der Waals surface area contributed by atoms with Crippen LogP contribution in [0.1, 0.15) is 56.1 Å². The minimum absolute atomic E-state index is 0.0544. The Labute approximate surface area is 187 Å². The van der Waals surface area contributed by atoms with Gasteiger partial charge in [0.1, 0.15) is 11.5 Å². The van der Waals surface area contributed by atoms with Crippen LogP contribution in [0, 0.1) is 22.6 Å². The molecule has 2 bridgehead atoms. The summed E-state index contributed by atoms with van der Waals surface area (Å²) in [5.74, 6) is 0.339. The molecular weight excluding hydrogens is 411 g/mol. The van der Waals surface area contributed by atoms with Crippen LogP contribution in [0.5, 0.6) is 0 Å². The molecule has 5 heteroatoms. The molecule has 3 aromatic rings. The molecule has 1 aromatic heterocycles. The maximum atomic E-state index is 13.6. The molecule has 162 valence electrons. The van der Waals surface area contributed by atoms with Gasteiger partial charge in [-0.25, -0.2) is 4.39 Å². The van der Waals surface area contributed by atoms with Crippen LogP contribution >= 0.6 is 11.6 Å². The Morgan fingerprint density at radius 2 is 1.90 bits per heavy atom. The highest BCUT2D eigenvalue weighted by Gasteiger charge is 2.59. The van der Waals surface area contributed by atoms with E-state index < -0.39 is 0 Å². The second kappa shape index (κ2) is 7.09. The van der Waals surface area contributed by atoms with Gasteiger partial charge in [-0.1, -0.05) is 44.5 Å². The summed E-state index contributed by atoms with van der Waals surface area (Å²) in [6.45, 7) is 7.39. The van der Waals surface area contributed by atoms with Crippen molar-refractivity contribution >= 4 is 28.4 Å². The van der Waals surface area contributed by atoms with E-state index in [4.69, 9.17) is 11.6 Å². The summed E-state index contributed by atoms with van der Waals surface area (Å²) >= 11 is 6.22. The highest BCUT2D eigenvalue weighted by molar-refractivity contribution is 6.31. The molecule has 2 fully saturated rings. The first-order valence-electron chi connectivity index (χ1n) is 11.0. The highest BCUT2D eigenvalue weighted by atomic mass is 35.5. The second-order valence-electron chi connectivity index (χ2n) is 10.3. The normalized spacial score (nSPS) is 26.5. The molecule has 1 heterocycles. The topological polar surface area (TPSA) is 34.0 Å². The Bertz CT molecular complexity index is 1160. The van der Waals surface area contributed by atoms with Gasteiger partial charge < -0.3 is 9.88 Å². The van der Waals surface area contributed by atoms with Crippen molar-refractivity contribution in [1.29, 1.82) is 0 Å². The van der Waals surface area contributed by atoms with Crippen LogP contribution in [-0.4, -0.2) is 16.5 Å². The smallest absolute Gasteiger partial charge is 0.268 e. The van der Waals surface area contributed by atoms with Gasteiger partial charge in [0.2, 0.25) is 0 Å². The Morgan fingerprint density at radius 1 is 1.16 bits per heavy atom. The van der Waals surface area contributed by atoms with Crippen molar-refractivity contribution in [2.24, 2.45) is 16.7 Å². The van der Waals surface area contributed by atoms with Crippen molar-refractivity contribution < 1.29 is 9.18 Å². The van der Waals surface area contributed by atoms with Crippen LogP contribution in [0.25, 0.3) is 10.9 Å². The third-order valence-corrected chi connectivity index (χ3v) is 8.13. The van der Waals surface area contributed by atoms with Crippen molar-refractivity contribution in [3.63, 3.8) is 0 Å². The molecule has 5 rings (SSSR count). The van der Waals surface area contributed by atoms with Gasteiger partial charge in [0.15, 0.2) is 0 Å². The maximum absolute atomic E-state index is 13.6. The zero-order chi connectivity index (χ0) is 22.0. The third kappa shape index (κ3) is 3.36. The summed E-state index contributed by atoms with van der Waals surface area (Å²) in [6, 6.07) is 14.2. The van der Waals surface area contributed by atoms with E-state index in [1.807, 2.05) is 28.8 Å². The van der Waals surface area contributed by atoms with Gasteiger partial charge in [-0.15, -0.1) is 0 Å². The average molecular weight is 439 g/mol. The van der Waals surface area contributed by atoms with Gasteiger partial charge in [-0.3, -0.25) is 4.79 Å². The lowest BCUT2D eigenvalue weighted by Gasteiger charge is -2.43. The molecule has 0 saturated heterocycles. The Kier molecular flexibility index (Phi) is 4.71. The molecule has 31 heavy (non-hydrogen) atoms. The first kappa shape index (κ1) is 20.6. The van der Waals surface area contributed by atoms with E-state index in [9.17, 15) is 9.18 Å². The number of fused-ring (bicyclic) bond motifs is 3. The lowest BCUT2D eigenvalue weighted by Crippen LogP contribution is -2.52. The van der Waals surface area contributed by atoms with Crippen molar-refractivity contribution in [2.45, 2.75) is 52.6 Å². The second-order valence-corrected chi connectivity index (χ2v) is 10.7. The van der Waals surface area contributed by atoms with Crippen LogP contribution in [-0.2, 0) is 6.54 Å². The minimum atomic E-state index is -0.266. The van der Waals surface area contributed by atoms with Gasteiger partial charge in [0.05, 0.1) is 0 Å². The molecule has 0 radical (unpaired) electrons. The Balaban J connectivity index is 1.52. The molecular formula is C26H28ClFN2O.